The van der Waals surface area contributed by atoms with Crippen molar-refractivity contribution in [2.24, 2.45) is 5.14 Å². The third kappa shape index (κ3) is 3.16. The van der Waals surface area contributed by atoms with Crippen LogP contribution in [0, 0.1) is 0 Å². The molecular formula is C12H12N2O5S. The van der Waals surface area contributed by atoms with Gasteiger partial charge in [0.15, 0.2) is 0 Å². The number of carboxylic acids is 1. The Morgan fingerprint density at radius 3 is 2.65 bits per heavy atom. The third-order valence-corrected chi connectivity index (χ3v) is 3.52. The lowest BCUT2D eigenvalue weighted by Gasteiger charge is -2.10. The number of anilines is 1. The number of aromatic carboxylic acids is 1. The number of sulfonamides is 1. The van der Waals surface area contributed by atoms with Gasteiger partial charge in [0.25, 0.3) is 0 Å². The number of rotatable bonds is 5. The SMILES string of the molecule is NS(=O)(=O)c1cc(C(=O)O)ccc1NCc1ccco1. The Balaban J connectivity index is 2.34. The van der Waals surface area contributed by atoms with Crippen molar-refractivity contribution in [2.45, 2.75) is 11.4 Å². The second-order valence-electron chi connectivity index (χ2n) is 3.99. The lowest BCUT2D eigenvalue weighted by molar-refractivity contribution is 0.0696. The fourth-order valence-corrected chi connectivity index (χ4v) is 2.37. The predicted octanol–water partition coefficient (Wildman–Crippen LogP) is 1.24. The van der Waals surface area contributed by atoms with Crippen molar-refractivity contribution in [3.63, 3.8) is 0 Å². The summed E-state index contributed by atoms with van der Waals surface area (Å²) in [4.78, 5) is 10.6. The molecule has 1 aromatic carbocycles. The number of hydrogen-bond donors (Lipinski definition) is 3. The summed E-state index contributed by atoms with van der Waals surface area (Å²) in [5.74, 6) is -0.625. The molecule has 0 amide bonds. The van der Waals surface area contributed by atoms with Crippen molar-refractivity contribution < 1.29 is 22.7 Å². The molecule has 2 rings (SSSR count). The summed E-state index contributed by atoms with van der Waals surface area (Å²) < 4.78 is 28.1. The van der Waals surface area contributed by atoms with Crippen LogP contribution in [-0.4, -0.2) is 19.5 Å². The van der Waals surface area contributed by atoms with Crippen LogP contribution in [0.1, 0.15) is 16.1 Å². The topological polar surface area (TPSA) is 123 Å². The molecule has 4 N–H and O–H groups in total. The molecule has 2 aromatic rings. The Kier molecular flexibility index (Phi) is 3.77. The van der Waals surface area contributed by atoms with E-state index >= 15 is 0 Å². The molecular weight excluding hydrogens is 284 g/mol. The molecule has 7 nitrogen and oxygen atoms in total. The zero-order valence-electron chi connectivity index (χ0n) is 10.2. The van der Waals surface area contributed by atoms with Gasteiger partial charge in [-0.1, -0.05) is 0 Å². The summed E-state index contributed by atoms with van der Waals surface area (Å²) in [6.07, 6.45) is 1.49. The second-order valence-corrected chi connectivity index (χ2v) is 5.52. The average Bonchev–Trinajstić information content (AvgIpc) is 2.88. The summed E-state index contributed by atoms with van der Waals surface area (Å²) in [7, 11) is -4.04. The zero-order chi connectivity index (χ0) is 14.8. The van der Waals surface area contributed by atoms with Crippen LogP contribution in [0.4, 0.5) is 5.69 Å². The van der Waals surface area contributed by atoms with Gasteiger partial charge in [0, 0.05) is 0 Å². The molecule has 0 saturated carbocycles. The standard InChI is InChI=1S/C12H12N2O5S/c13-20(17,18)11-6-8(12(15)16)3-4-10(11)14-7-9-2-1-5-19-9/h1-6,14H,7H2,(H,15,16)(H2,13,17,18). The van der Waals surface area contributed by atoms with E-state index in [9.17, 15) is 13.2 Å². The summed E-state index contributed by atoms with van der Waals surface area (Å²) >= 11 is 0. The van der Waals surface area contributed by atoms with Crippen molar-refractivity contribution >= 4 is 21.7 Å². The Hall–Kier alpha value is -2.32. The van der Waals surface area contributed by atoms with Crippen molar-refractivity contribution in [1.29, 1.82) is 0 Å². The highest BCUT2D eigenvalue weighted by Crippen LogP contribution is 2.22. The van der Waals surface area contributed by atoms with Crippen molar-refractivity contribution in [3.05, 3.63) is 47.9 Å². The van der Waals surface area contributed by atoms with E-state index in [2.05, 4.69) is 5.32 Å². The van der Waals surface area contributed by atoms with Gasteiger partial charge in [-0.2, -0.15) is 0 Å². The molecule has 0 bridgehead atoms. The number of carbonyl (C=O) groups is 1. The van der Waals surface area contributed by atoms with Crippen molar-refractivity contribution in [3.8, 4) is 0 Å². The lowest BCUT2D eigenvalue weighted by atomic mass is 10.2. The Morgan fingerprint density at radius 1 is 1.35 bits per heavy atom. The maximum atomic E-state index is 11.5. The highest BCUT2D eigenvalue weighted by molar-refractivity contribution is 7.89. The minimum absolute atomic E-state index is 0.155. The minimum Gasteiger partial charge on any atom is -0.478 e. The van der Waals surface area contributed by atoms with Crippen LogP contribution in [0.2, 0.25) is 0 Å². The summed E-state index contributed by atoms with van der Waals surface area (Å²) in [5.41, 5.74) is 0.0615. The number of furan rings is 1. The second kappa shape index (κ2) is 5.35. The van der Waals surface area contributed by atoms with Gasteiger partial charge in [0.2, 0.25) is 10.0 Å². The van der Waals surface area contributed by atoms with E-state index in [0.29, 0.717) is 5.76 Å². The number of benzene rings is 1. The Bertz CT molecular complexity index is 722. The van der Waals surface area contributed by atoms with Crippen LogP contribution in [0.3, 0.4) is 0 Å². The first-order chi connectivity index (χ1) is 9.38. The van der Waals surface area contributed by atoms with E-state index in [4.69, 9.17) is 14.7 Å². The molecule has 0 unspecified atom stereocenters. The quantitative estimate of drug-likeness (QED) is 0.762. The molecule has 0 saturated heterocycles. The maximum absolute atomic E-state index is 11.5. The first-order valence-corrected chi connectivity index (χ1v) is 7.09. The molecule has 0 aliphatic rings. The summed E-state index contributed by atoms with van der Waals surface area (Å²) in [6.45, 7) is 0.252. The highest BCUT2D eigenvalue weighted by atomic mass is 32.2. The molecule has 0 fully saturated rings. The van der Waals surface area contributed by atoms with Gasteiger partial charge in [-0.3, -0.25) is 0 Å². The summed E-state index contributed by atoms with van der Waals surface area (Å²) in [5, 5.41) is 16.8. The number of nitrogens with two attached hydrogens (primary N) is 1. The van der Waals surface area contributed by atoms with E-state index < -0.39 is 16.0 Å². The van der Waals surface area contributed by atoms with Crippen LogP contribution in [0.15, 0.2) is 45.9 Å². The third-order valence-electron chi connectivity index (χ3n) is 2.57. The van der Waals surface area contributed by atoms with Crippen LogP contribution in [0.25, 0.3) is 0 Å². The van der Waals surface area contributed by atoms with Crippen molar-refractivity contribution in [2.75, 3.05) is 5.32 Å². The first kappa shape index (κ1) is 14.1. The molecule has 0 atom stereocenters. The van der Waals surface area contributed by atoms with Crippen LogP contribution in [-0.2, 0) is 16.6 Å². The van der Waals surface area contributed by atoms with Gasteiger partial charge in [-0.25, -0.2) is 18.4 Å². The van der Waals surface area contributed by atoms with Gasteiger partial charge in [-0.15, -0.1) is 0 Å². The highest BCUT2D eigenvalue weighted by Gasteiger charge is 2.17. The Labute approximate surface area is 115 Å². The molecule has 0 aliphatic carbocycles. The van der Waals surface area contributed by atoms with E-state index in [1.54, 1.807) is 12.1 Å². The van der Waals surface area contributed by atoms with Gasteiger partial charge in [-0.05, 0) is 30.3 Å². The van der Waals surface area contributed by atoms with E-state index in [0.717, 1.165) is 6.07 Å². The van der Waals surface area contributed by atoms with E-state index in [1.165, 1.54) is 18.4 Å². The van der Waals surface area contributed by atoms with Gasteiger partial charge in [0.05, 0.1) is 24.1 Å². The maximum Gasteiger partial charge on any atom is 0.335 e. The number of carboxylic acid groups (broad SMARTS) is 1. The van der Waals surface area contributed by atoms with Gasteiger partial charge < -0.3 is 14.8 Å². The molecule has 0 aliphatic heterocycles. The molecule has 1 heterocycles. The van der Waals surface area contributed by atoms with Gasteiger partial charge in [0.1, 0.15) is 10.7 Å². The summed E-state index contributed by atoms with van der Waals surface area (Å²) in [6, 6.07) is 7.08. The number of nitrogens with one attached hydrogen (secondary N) is 1. The predicted molar refractivity (Wildman–Crippen MR) is 70.8 cm³/mol. The molecule has 0 radical (unpaired) electrons. The van der Waals surface area contributed by atoms with E-state index in [1.807, 2.05) is 0 Å². The first-order valence-electron chi connectivity index (χ1n) is 5.54. The molecule has 0 spiro atoms. The minimum atomic E-state index is -4.04. The van der Waals surface area contributed by atoms with Crippen LogP contribution >= 0.6 is 0 Å². The molecule has 8 heteroatoms. The number of hydrogen-bond acceptors (Lipinski definition) is 5. The molecule has 1 aromatic heterocycles. The van der Waals surface area contributed by atoms with E-state index in [-0.39, 0.29) is 22.7 Å². The zero-order valence-corrected chi connectivity index (χ0v) is 11.1. The molecule has 106 valence electrons. The lowest BCUT2D eigenvalue weighted by Crippen LogP contribution is -2.16. The fourth-order valence-electron chi connectivity index (χ4n) is 1.63. The monoisotopic (exact) mass is 296 g/mol. The Morgan fingerprint density at radius 2 is 2.10 bits per heavy atom. The van der Waals surface area contributed by atoms with Gasteiger partial charge >= 0.3 is 5.97 Å². The van der Waals surface area contributed by atoms with Crippen LogP contribution in [0.5, 0.6) is 0 Å². The largest absolute Gasteiger partial charge is 0.478 e. The normalized spacial score (nSPS) is 11.2. The van der Waals surface area contributed by atoms with Crippen LogP contribution < -0.4 is 10.5 Å². The molecule has 20 heavy (non-hydrogen) atoms. The average molecular weight is 296 g/mol. The van der Waals surface area contributed by atoms with Crippen molar-refractivity contribution in [1.82, 2.24) is 0 Å². The fraction of sp³-hybridized carbons (Fsp3) is 0.0833. The number of primary sulfonamides is 1. The smallest absolute Gasteiger partial charge is 0.335 e.